The van der Waals surface area contributed by atoms with Crippen LogP contribution in [0, 0.1) is 39.9 Å². The topological polar surface area (TPSA) is 104 Å². The number of allylic oxidation sites excluding steroid dienone is 2. The number of rotatable bonds is 5. The van der Waals surface area contributed by atoms with Crippen molar-refractivity contribution in [1.82, 2.24) is 0 Å². The van der Waals surface area contributed by atoms with Crippen LogP contribution in [-0.2, 0) is 14.3 Å². The van der Waals surface area contributed by atoms with E-state index in [1.54, 1.807) is 0 Å². The van der Waals surface area contributed by atoms with Crippen molar-refractivity contribution >= 4 is 41.5 Å². The minimum atomic E-state index is -0.953. The first-order valence-electron chi connectivity index (χ1n) is 14.3. The third-order valence-corrected chi connectivity index (χ3v) is 11.6. The molecule has 10 atom stereocenters. The summed E-state index contributed by atoms with van der Waals surface area (Å²) in [4.78, 5) is 24.8. The molecule has 4 saturated carbocycles. The predicted octanol–water partition coefficient (Wildman–Crippen LogP) is 5.29. The van der Waals surface area contributed by atoms with E-state index >= 15 is 0 Å². The van der Waals surface area contributed by atoms with Crippen molar-refractivity contribution in [2.75, 3.05) is 0 Å². The maximum atomic E-state index is 12.6. The number of hydrogen-bond donors (Lipinski definition) is 3. The number of esters is 1. The first kappa shape index (κ1) is 31.9. The van der Waals surface area contributed by atoms with E-state index in [2.05, 4.69) is 27.7 Å². The number of aliphatic hydroxyl groups is 2. The summed E-state index contributed by atoms with van der Waals surface area (Å²) >= 11 is 0. The Kier molecular flexibility index (Phi) is 9.49. The zero-order valence-electron chi connectivity index (χ0n) is 24.8. The van der Waals surface area contributed by atoms with Crippen LogP contribution in [0.4, 0.5) is 0 Å². The Labute approximate surface area is 251 Å². The third-order valence-electron chi connectivity index (χ3n) is 11.6. The fourth-order valence-corrected chi connectivity index (χ4v) is 9.79. The van der Waals surface area contributed by atoms with Gasteiger partial charge in [-0.2, -0.15) is 0 Å². The van der Waals surface area contributed by atoms with Crippen molar-refractivity contribution in [3.05, 3.63) is 22.8 Å². The molecule has 0 aromatic heterocycles. The van der Waals surface area contributed by atoms with Gasteiger partial charge >= 0.3 is 11.9 Å². The van der Waals surface area contributed by atoms with E-state index < -0.39 is 24.1 Å². The van der Waals surface area contributed by atoms with Gasteiger partial charge in [0.2, 0.25) is 0 Å². The predicted molar refractivity (Wildman–Crippen MR) is 148 cm³/mol. The van der Waals surface area contributed by atoms with E-state index in [0.717, 1.165) is 36.8 Å². The number of fused-ring (bicyclic) bond motifs is 5. The number of carbonyl (C=O) groups excluding carboxylic acids is 1. The summed E-state index contributed by atoms with van der Waals surface area (Å²) in [6, 6.07) is 0. The SMILES string of the molecule is CC(=O)O[C@H]1C[C@@]2(C)[C@@H](C[C@@H](O)[C@H]3[C@@]4(C)CC[C@@H](O)[C@@H](C)C4CC[C@@]32C)/C1=C(\CCC=C(C)C)C(=O)O.[Na]. The summed E-state index contributed by atoms with van der Waals surface area (Å²) in [6.07, 6.45) is 6.22. The van der Waals surface area contributed by atoms with Gasteiger partial charge in [-0.25, -0.2) is 4.79 Å². The number of ether oxygens (including phenoxy) is 1. The van der Waals surface area contributed by atoms with Crippen molar-refractivity contribution in [2.24, 2.45) is 39.9 Å². The molecule has 4 aliphatic rings. The van der Waals surface area contributed by atoms with Gasteiger partial charge in [-0.05, 0) is 111 Å². The molecule has 4 rings (SSSR count). The maximum Gasteiger partial charge on any atom is 0.331 e. The van der Waals surface area contributed by atoms with Gasteiger partial charge in [0, 0.05) is 42.1 Å². The van der Waals surface area contributed by atoms with Crippen molar-refractivity contribution < 1.29 is 29.6 Å². The van der Waals surface area contributed by atoms with E-state index in [9.17, 15) is 24.9 Å². The van der Waals surface area contributed by atoms with Gasteiger partial charge in [0.15, 0.2) is 0 Å². The molecule has 3 N–H and O–H groups in total. The summed E-state index contributed by atoms with van der Waals surface area (Å²) in [6.45, 7) is 14.5. The first-order chi connectivity index (χ1) is 17.2. The van der Waals surface area contributed by atoms with Gasteiger partial charge in [-0.1, -0.05) is 39.3 Å². The second-order valence-corrected chi connectivity index (χ2v) is 13.6. The Morgan fingerprint density at radius 3 is 2.26 bits per heavy atom. The molecule has 209 valence electrons. The molecule has 4 aliphatic carbocycles. The Balaban J connectivity index is 0.00000400. The fourth-order valence-electron chi connectivity index (χ4n) is 9.79. The normalized spacial score (nSPS) is 45.0. The summed E-state index contributed by atoms with van der Waals surface area (Å²) < 4.78 is 5.87. The van der Waals surface area contributed by atoms with Crippen molar-refractivity contribution in [3.63, 3.8) is 0 Å². The quantitative estimate of drug-likeness (QED) is 0.190. The number of carbonyl (C=O) groups is 2. The van der Waals surface area contributed by atoms with E-state index in [0.29, 0.717) is 37.2 Å². The zero-order chi connectivity index (χ0) is 27.5. The Morgan fingerprint density at radius 1 is 1.03 bits per heavy atom. The standard InChI is InChI=1S/C31H48O6.Na/c1-17(2)9-8-10-20(28(35)36)26-22-15-24(34)27-29(5)13-12-23(33)18(3)21(29)11-14-30(27,6)31(22,7)16-25(26)37-19(4)32;/h9,18,21-25,27,33-34H,8,10-16H2,1-7H3,(H,35,36);/b26-20-;/t18-,21?,22-,23+,24+,25-,27-,29-,30-,31-;/m0./s1. The zero-order valence-corrected chi connectivity index (χ0v) is 26.8. The van der Waals surface area contributed by atoms with Gasteiger partial charge in [-0.3, -0.25) is 4.79 Å². The van der Waals surface area contributed by atoms with Gasteiger partial charge < -0.3 is 20.1 Å². The molecule has 38 heavy (non-hydrogen) atoms. The number of aliphatic carboxylic acids is 1. The minimum Gasteiger partial charge on any atom is -0.478 e. The molecule has 6 nitrogen and oxygen atoms in total. The monoisotopic (exact) mass is 539 g/mol. The molecule has 1 radical (unpaired) electrons. The van der Waals surface area contributed by atoms with E-state index in [1.165, 1.54) is 6.92 Å². The van der Waals surface area contributed by atoms with Crippen LogP contribution in [0.5, 0.6) is 0 Å². The molecule has 0 aromatic rings. The Hall–Kier alpha value is -0.660. The first-order valence-corrected chi connectivity index (χ1v) is 14.3. The molecule has 7 heteroatoms. The largest absolute Gasteiger partial charge is 0.478 e. The van der Waals surface area contributed by atoms with Crippen LogP contribution in [0.25, 0.3) is 0 Å². The van der Waals surface area contributed by atoms with Crippen molar-refractivity contribution in [3.8, 4) is 0 Å². The molecule has 0 heterocycles. The fraction of sp³-hybridized carbons (Fsp3) is 0.806. The third kappa shape index (κ3) is 5.00. The van der Waals surface area contributed by atoms with Crippen LogP contribution >= 0.6 is 0 Å². The summed E-state index contributed by atoms with van der Waals surface area (Å²) in [5.74, 6) is -0.909. The summed E-state index contributed by atoms with van der Waals surface area (Å²) in [5.41, 5.74) is 1.57. The second-order valence-electron chi connectivity index (χ2n) is 13.6. The Morgan fingerprint density at radius 2 is 1.68 bits per heavy atom. The number of aliphatic hydroxyl groups excluding tert-OH is 2. The van der Waals surface area contributed by atoms with Gasteiger partial charge in [-0.15, -0.1) is 0 Å². The van der Waals surface area contributed by atoms with Crippen LogP contribution in [-0.4, -0.2) is 75.1 Å². The molecule has 1 unspecified atom stereocenters. The molecular weight excluding hydrogens is 491 g/mol. The summed E-state index contributed by atoms with van der Waals surface area (Å²) in [5, 5.41) is 32.9. The van der Waals surface area contributed by atoms with Crippen molar-refractivity contribution in [1.29, 1.82) is 0 Å². The van der Waals surface area contributed by atoms with Gasteiger partial charge in [0.05, 0.1) is 12.2 Å². The van der Waals surface area contributed by atoms with Gasteiger partial charge in [0.1, 0.15) is 6.10 Å². The average molecular weight is 540 g/mol. The van der Waals surface area contributed by atoms with Crippen molar-refractivity contribution in [2.45, 2.75) is 118 Å². The molecule has 0 spiro atoms. The molecular formula is C31H48NaO6. The number of hydrogen-bond acceptors (Lipinski definition) is 5. The van der Waals surface area contributed by atoms with E-state index in [-0.39, 0.29) is 69.7 Å². The molecule has 0 aromatic carbocycles. The molecule has 4 fully saturated rings. The molecule has 0 aliphatic heterocycles. The average Bonchev–Trinajstić information content (AvgIpc) is 3.05. The Bertz CT molecular complexity index is 1000. The second kappa shape index (κ2) is 11.3. The van der Waals surface area contributed by atoms with Crippen LogP contribution in [0.1, 0.15) is 99.8 Å². The molecule has 0 amide bonds. The number of carboxylic acid groups (broad SMARTS) is 1. The van der Waals surface area contributed by atoms with Crippen LogP contribution in [0.15, 0.2) is 22.8 Å². The van der Waals surface area contributed by atoms with Crippen LogP contribution < -0.4 is 0 Å². The maximum absolute atomic E-state index is 12.6. The minimum absolute atomic E-state index is 0. The van der Waals surface area contributed by atoms with E-state index in [1.807, 2.05) is 19.9 Å². The summed E-state index contributed by atoms with van der Waals surface area (Å²) in [7, 11) is 0. The van der Waals surface area contributed by atoms with Gasteiger partial charge in [0.25, 0.3) is 0 Å². The molecule has 0 saturated heterocycles. The number of carboxylic acids is 1. The van der Waals surface area contributed by atoms with E-state index in [4.69, 9.17) is 4.74 Å². The van der Waals surface area contributed by atoms with Crippen LogP contribution in [0.3, 0.4) is 0 Å². The van der Waals surface area contributed by atoms with Crippen LogP contribution in [0.2, 0.25) is 0 Å². The smallest absolute Gasteiger partial charge is 0.331 e. The molecule has 0 bridgehead atoms.